The standard InChI is InChI=1S/C14H18Cl2N4O2/c1-19(7-13-17-9-18-20(13)2)6-10(21)8-22-14-11(15)4-3-5-12(14)16/h3-5,9-10,21H,6-8H2,1-2H3. The SMILES string of the molecule is CN(Cc1ncnn1C)CC(O)COc1c(Cl)cccc1Cl. The van der Waals surface area contributed by atoms with Crippen LogP contribution in [0, 0.1) is 0 Å². The number of para-hydroxylation sites is 1. The minimum Gasteiger partial charge on any atom is -0.488 e. The van der Waals surface area contributed by atoms with Gasteiger partial charge in [-0.1, -0.05) is 29.3 Å². The summed E-state index contributed by atoms with van der Waals surface area (Å²) in [6, 6.07) is 5.12. The zero-order valence-electron chi connectivity index (χ0n) is 12.4. The van der Waals surface area contributed by atoms with E-state index in [4.69, 9.17) is 27.9 Å². The molecule has 0 aliphatic rings. The summed E-state index contributed by atoms with van der Waals surface area (Å²) in [6.07, 6.45) is 0.827. The second kappa shape index (κ2) is 7.78. The molecule has 22 heavy (non-hydrogen) atoms. The number of hydrogen-bond acceptors (Lipinski definition) is 5. The highest BCUT2D eigenvalue weighted by atomic mass is 35.5. The molecule has 0 spiro atoms. The number of aryl methyl sites for hydroxylation is 1. The molecule has 2 aromatic rings. The number of ether oxygens (including phenoxy) is 1. The first-order valence-corrected chi connectivity index (χ1v) is 7.49. The predicted molar refractivity (Wildman–Crippen MR) is 85.3 cm³/mol. The molecule has 0 saturated heterocycles. The van der Waals surface area contributed by atoms with E-state index >= 15 is 0 Å². The van der Waals surface area contributed by atoms with Crippen LogP contribution < -0.4 is 4.74 Å². The molecule has 8 heteroatoms. The fourth-order valence-electron chi connectivity index (χ4n) is 1.98. The molecule has 0 radical (unpaired) electrons. The molecule has 1 aromatic heterocycles. The van der Waals surface area contributed by atoms with Crippen molar-refractivity contribution in [1.29, 1.82) is 0 Å². The molecule has 1 N–H and O–H groups in total. The predicted octanol–water partition coefficient (Wildman–Crippen LogP) is 1.99. The number of aromatic nitrogens is 3. The lowest BCUT2D eigenvalue weighted by Gasteiger charge is -2.20. The molecule has 1 unspecified atom stereocenters. The summed E-state index contributed by atoms with van der Waals surface area (Å²) in [5.74, 6) is 1.21. The number of hydrogen-bond donors (Lipinski definition) is 1. The van der Waals surface area contributed by atoms with E-state index in [0.717, 1.165) is 5.82 Å². The molecular weight excluding hydrogens is 327 g/mol. The molecule has 6 nitrogen and oxygen atoms in total. The zero-order chi connectivity index (χ0) is 16.1. The lowest BCUT2D eigenvalue weighted by atomic mass is 10.3. The van der Waals surface area contributed by atoms with E-state index < -0.39 is 6.10 Å². The first-order chi connectivity index (χ1) is 10.5. The smallest absolute Gasteiger partial charge is 0.156 e. The molecule has 0 aliphatic carbocycles. The number of aliphatic hydroxyl groups excluding tert-OH is 1. The van der Waals surface area contributed by atoms with Crippen LogP contribution >= 0.6 is 23.2 Å². The zero-order valence-corrected chi connectivity index (χ0v) is 13.9. The van der Waals surface area contributed by atoms with Crippen LogP contribution in [0.25, 0.3) is 0 Å². The van der Waals surface area contributed by atoms with Crippen molar-refractivity contribution < 1.29 is 9.84 Å². The first kappa shape index (κ1) is 17.0. The maximum atomic E-state index is 10.1. The van der Waals surface area contributed by atoms with Crippen LogP contribution in [-0.2, 0) is 13.6 Å². The van der Waals surface area contributed by atoms with Crippen LogP contribution in [-0.4, -0.2) is 51.1 Å². The van der Waals surface area contributed by atoms with Crippen LogP contribution in [0.1, 0.15) is 5.82 Å². The fraction of sp³-hybridized carbons (Fsp3) is 0.429. The highest BCUT2D eigenvalue weighted by Gasteiger charge is 2.14. The molecule has 0 amide bonds. The quantitative estimate of drug-likeness (QED) is 0.832. The third-order valence-electron chi connectivity index (χ3n) is 3.08. The van der Waals surface area contributed by atoms with Crippen molar-refractivity contribution in [3.63, 3.8) is 0 Å². The van der Waals surface area contributed by atoms with Crippen molar-refractivity contribution in [1.82, 2.24) is 19.7 Å². The van der Waals surface area contributed by atoms with Crippen LogP contribution in [0.15, 0.2) is 24.5 Å². The Bertz CT molecular complexity index is 600. The number of likely N-dealkylation sites (N-methyl/N-ethyl adjacent to an activating group) is 1. The number of nitrogens with zero attached hydrogens (tertiary/aromatic N) is 4. The highest BCUT2D eigenvalue weighted by Crippen LogP contribution is 2.32. The van der Waals surface area contributed by atoms with Crippen molar-refractivity contribution in [3.8, 4) is 5.75 Å². The third-order valence-corrected chi connectivity index (χ3v) is 3.67. The summed E-state index contributed by atoms with van der Waals surface area (Å²) in [5, 5.41) is 14.9. The second-order valence-electron chi connectivity index (χ2n) is 5.01. The Kier molecular flexibility index (Phi) is 6.02. The number of aliphatic hydroxyl groups is 1. The summed E-state index contributed by atoms with van der Waals surface area (Å²) >= 11 is 12.0. The van der Waals surface area contributed by atoms with Gasteiger partial charge in [-0.2, -0.15) is 5.10 Å². The Morgan fingerprint density at radius 2 is 2.05 bits per heavy atom. The molecule has 0 aliphatic heterocycles. The Labute approximate surface area is 139 Å². The number of benzene rings is 1. The van der Waals surface area contributed by atoms with E-state index in [1.165, 1.54) is 6.33 Å². The second-order valence-corrected chi connectivity index (χ2v) is 5.83. The molecule has 2 rings (SSSR count). The molecule has 120 valence electrons. The highest BCUT2D eigenvalue weighted by molar-refractivity contribution is 6.37. The molecular formula is C14H18Cl2N4O2. The summed E-state index contributed by atoms with van der Waals surface area (Å²) in [4.78, 5) is 6.08. The van der Waals surface area contributed by atoms with Crippen molar-refractivity contribution in [2.45, 2.75) is 12.6 Å². The van der Waals surface area contributed by atoms with Crippen LogP contribution in [0.5, 0.6) is 5.75 Å². The molecule has 0 saturated carbocycles. The monoisotopic (exact) mass is 344 g/mol. The minimum absolute atomic E-state index is 0.104. The Hall–Kier alpha value is -1.34. The fourth-order valence-corrected chi connectivity index (χ4v) is 2.49. The summed E-state index contributed by atoms with van der Waals surface area (Å²) < 4.78 is 7.21. The Morgan fingerprint density at radius 3 is 2.64 bits per heavy atom. The van der Waals surface area contributed by atoms with Crippen molar-refractivity contribution in [2.75, 3.05) is 20.2 Å². The van der Waals surface area contributed by atoms with Gasteiger partial charge in [0.15, 0.2) is 5.75 Å². The van der Waals surface area contributed by atoms with Gasteiger partial charge in [0.25, 0.3) is 0 Å². The van der Waals surface area contributed by atoms with Gasteiger partial charge in [-0.05, 0) is 19.2 Å². The van der Waals surface area contributed by atoms with Gasteiger partial charge in [0.2, 0.25) is 0 Å². The summed E-state index contributed by atoms with van der Waals surface area (Å²) in [6.45, 7) is 1.11. The molecule has 1 atom stereocenters. The van der Waals surface area contributed by atoms with E-state index in [1.807, 2.05) is 19.0 Å². The topological polar surface area (TPSA) is 63.4 Å². The minimum atomic E-state index is -0.675. The van der Waals surface area contributed by atoms with Crippen LogP contribution in [0.3, 0.4) is 0 Å². The van der Waals surface area contributed by atoms with Gasteiger partial charge in [-0.3, -0.25) is 9.58 Å². The maximum Gasteiger partial charge on any atom is 0.156 e. The van der Waals surface area contributed by atoms with Crippen molar-refractivity contribution >= 4 is 23.2 Å². The van der Waals surface area contributed by atoms with E-state index in [2.05, 4.69) is 10.1 Å². The first-order valence-electron chi connectivity index (χ1n) is 6.73. The third kappa shape index (κ3) is 4.58. The summed E-state index contributed by atoms with van der Waals surface area (Å²) in [5.41, 5.74) is 0. The van der Waals surface area contributed by atoms with Gasteiger partial charge in [0.05, 0.1) is 16.6 Å². The van der Waals surface area contributed by atoms with Crippen molar-refractivity contribution in [2.24, 2.45) is 7.05 Å². The Balaban J connectivity index is 1.82. The van der Waals surface area contributed by atoms with E-state index in [-0.39, 0.29) is 6.61 Å². The van der Waals surface area contributed by atoms with Gasteiger partial charge < -0.3 is 9.84 Å². The van der Waals surface area contributed by atoms with E-state index in [9.17, 15) is 5.11 Å². The molecule has 1 aromatic carbocycles. The normalized spacial score (nSPS) is 12.6. The average molecular weight is 345 g/mol. The van der Waals surface area contributed by atoms with E-state index in [0.29, 0.717) is 28.9 Å². The van der Waals surface area contributed by atoms with Gasteiger partial charge in [0.1, 0.15) is 24.9 Å². The maximum absolute atomic E-state index is 10.1. The van der Waals surface area contributed by atoms with Gasteiger partial charge in [-0.25, -0.2) is 4.98 Å². The van der Waals surface area contributed by atoms with Crippen molar-refractivity contribution in [3.05, 3.63) is 40.4 Å². The lowest BCUT2D eigenvalue weighted by molar-refractivity contribution is 0.0734. The molecule has 1 heterocycles. The molecule has 0 fully saturated rings. The Morgan fingerprint density at radius 1 is 1.36 bits per heavy atom. The average Bonchev–Trinajstić information content (AvgIpc) is 2.83. The molecule has 0 bridgehead atoms. The van der Waals surface area contributed by atoms with Gasteiger partial charge >= 0.3 is 0 Å². The van der Waals surface area contributed by atoms with E-state index in [1.54, 1.807) is 22.9 Å². The van der Waals surface area contributed by atoms with Crippen LogP contribution in [0.4, 0.5) is 0 Å². The van der Waals surface area contributed by atoms with Crippen LogP contribution in [0.2, 0.25) is 10.0 Å². The largest absolute Gasteiger partial charge is 0.488 e. The summed E-state index contributed by atoms with van der Waals surface area (Å²) in [7, 11) is 3.72. The number of rotatable bonds is 7. The lowest BCUT2D eigenvalue weighted by Crippen LogP contribution is -2.33. The number of halogens is 2. The van der Waals surface area contributed by atoms with Gasteiger partial charge in [0, 0.05) is 13.6 Å². The van der Waals surface area contributed by atoms with Gasteiger partial charge in [-0.15, -0.1) is 0 Å².